The van der Waals surface area contributed by atoms with Gasteiger partial charge in [0.1, 0.15) is 5.54 Å². The first-order chi connectivity index (χ1) is 8.66. The van der Waals surface area contributed by atoms with Gasteiger partial charge in [0.05, 0.1) is 13.7 Å². The lowest BCUT2D eigenvalue weighted by Crippen LogP contribution is -2.56. The Kier molecular flexibility index (Phi) is 3.97. The molecule has 0 atom stereocenters. The summed E-state index contributed by atoms with van der Waals surface area (Å²) in [4.78, 5) is 12.0. The molecule has 0 amide bonds. The fraction of sp³-hybridized carbons (Fsp3) is 0.800. The number of nitrogens with one attached hydrogen (secondary N) is 1. The van der Waals surface area contributed by atoms with Crippen molar-refractivity contribution < 1.29 is 9.53 Å². The summed E-state index contributed by atoms with van der Waals surface area (Å²) in [6, 6.07) is 0. The number of hydrogen-bond acceptors (Lipinski definition) is 3. The third kappa shape index (κ3) is 2.40. The highest BCUT2D eigenvalue weighted by Crippen LogP contribution is 2.51. The van der Waals surface area contributed by atoms with Gasteiger partial charge in [0.2, 0.25) is 0 Å². The van der Waals surface area contributed by atoms with Crippen LogP contribution < -0.4 is 5.32 Å². The van der Waals surface area contributed by atoms with Gasteiger partial charge in [-0.2, -0.15) is 0 Å². The topological polar surface area (TPSA) is 38.3 Å². The Hall–Kier alpha value is -1.01. The summed E-state index contributed by atoms with van der Waals surface area (Å²) in [5, 5.41) is 3.23. The van der Waals surface area contributed by atoms with Crippen LogP contribution in [0.15, 0.2) is 0 Å². The maximum Gasteiger partial charge on any atom is 0.326 e. The van der Waals surface area contributed by atoms with Gasteiger partial charge < -0.3 is 4.74 Å². The van der Waals surface area contributed by atoms with Crippen molar-refractivity contribution in [1.29, 1.82) is 0 Å². The highest BCUT2D eigenvalue weighted by molar-refractivity contribution is 5.81. The molecule has 2 aliphatic carbocycles. The van der Waals surface area contributed by atoms with E-state index >= 15 is 0 Å². The van der Waals surface area contributed by atoms with E-state index in [1.165, 1.54) is 32.8 Å². The van der Waals surface area contributed by atoms with Crippen LogP contribution in [0.2, 0.25) is 0 Å². The molecule has 2 saturated carbocycles. The van der Waals surface area contributed by atoms with Crippen LogP contribution in [0.1, 0.15) is 51.4 Å². The SMILES string of the molecule is C#CCNC1(C(=O)OC)CCC2(CCCC2)CC1. The first-order valence-corrected chi connectivity index (χ1v) is 6.93. The molecule has 0 unspecified atom stereocenters. The molecular weight excluding hydrogens is 226 g/mol. The smallest absolute Gasteiger partial charge is 0.326 e. The lowest BCUT2D eigenvalue weighted by molar-refractivity contribution is -0.151. The lowest BCUT2D eigenvalue weighted by atomic mass is 9.66. The molecular formula is C15H23NO2. The summed E-state index contributed by atoms with van der Waals surface area (Å²) in [5.41, 5.74) is -0.0235. The average Bonchev–Trinajstić information content (AvgIpc) is 2.86. The molecule has 18 heavy (non-hydrogen) atoms. The summed E-state index contributed by atoms with van der Waals surface area (Å²) in [6.45, 7) is 0.433. The van der Waals surface area contributed by atoms with Crippen LogP contribution in [0.3, 0.4) is 0 Å². The monoisotopic (exact) mass is 249 g/mol. The Morgan fingerprint density at radius 1 is 1.22 bits per heavy atom. The molecule has 0 aliphatic heterocycles. The van der Waals surface area contributed by atoms with Crippen LogP contribution in [0, 0.1) is 17.8 Å². The molecule has 2 fully saturated rings. The van der Waals surface area contributed by atoms with Crippen molar-refractivity contribution in [3.8, 4) is 12.3 Å². The molecule has 3 nitrogen and oxygen atoms in total. The van der Waals surface area contributed by atoms with Crippen LogP contribution in [0.25, 0.3) is 0 Å². The minimum absolute atomic E-state index is 0.148. The third-order valence-corrected chi connectivity index (χ3v) is 4.93. The Morgan fingerprint density at radius 3 is 2.33 bits per heavy atom. The average molecular weight is 249 g/mol. The van der Waals surface area contributed by atoms with Gasteiger partial charge in [0, 0.05) is 0 Å². The zero-order valence-electron chi connectivity index (χ0n) is 11.3. The van der Waals surface area contributed by atoms with E-state index in [9.17, 15) is 4.79 Å². The van der Waals surface area contributed by atoms with Crippen LogP contribution in [0.5, 0.6) is 0 Å². The number of ether oxygens (including phenoxy) is 1. The van der Waals surface area contributed by atoms with Gasteiger partial charge in [0.15, 0.2) is 0 Å². The van der Waals surface area contributed by atoms with Crippen molar-refractivity contribution in [3.05, 3.63) is 0 Å². The third-order valence-electron chi connectivity index (χ3n) is 4.93. The second-order valence-electron chi connectivity index (χ2n) is 5.84. The number of hydrogen-bond donors (Lipinski definition) is 1. The molecule has 0 saturated heterocycles. The van der Waals surface area contributed by atoms with Gasteiger partial charge >= 0.3 is 5.97 Å². The Morgan fingerprint density at radius 2 is 1.83 bits per heavy atom. The van der Waals surface area contributed by atoms with Crippen molar-refractivity contribution in [2.75, 3.05) is 13.7 Å². The Bertz CT molecular complexity index is 340. The van der Waals surface area contributed by atoms with Crippen molar-refractivity contribution in [2.45, 2.75) is 56.9 Å². The first kappa shape index (κ1) is 13.4. The molecule has 2 rings (SSSR count). The van der Waals surface area contributed by atoms with E-state index in [-0.39, 0.29) is 5.97 Å². The molecule has 0 aromatic rings. The Balaban J connectivity index is 2.05. The second kappa shape index (κ2) is 5.32. The van der Waals surface area contributed by atoms with Crippen molar-refractivity contribution in [2.24, 2.45) is 5.41 Å². The Labute approximate surface area is 110 Å². The van der Waals surface area contributed by atoms with Gasteiger partial charge in [-0.1, -0.05) is 18.8 Å². The molecule has 0 heterocycles. The zero-order chi connectivity index (χ0) is 13.1. The van der Waals surface area contributed by atoms with E-state index in [1.807, 2.05) is 0 Å². The predicted molar refractivity (Wildman–Crippen MR) is 71.0 cm³/mol. The van der Waals surface area contributed by atoms with Crippen molar-refractivity contribution >= 4 is 5.97 Å². The second-order valence-corrected chi connectivity index (χ2v) is 5.84. The normalized spacial score (nSPS) is 24.7. The summed E-state index contributed by atoms with van der Waals surface area (Å²) in [7, 11) is 1.46. The van der Waals surface area contributed by atoms with E-state index < -0.39 is 5.54 Å². The number of methoxy groups -OCH3 is 1. The summed E-state index contributed by atoms with van der Waals surface area (Å²) in [6.07, 6.45) is 14.6. The van der Waals surface area contributed by atoms with E-state index in [0.29, 0.717) is 12.0 Å². The molecule has 100 valence electrons. The molecule has 1 spiro atoms. The summed E-state index contributed by atoms with van der Waals surface area (Å²) in [5.74, 6) is 2.41. The van der Waals surface area contributed by atoms with Gasteiger partial charge in [-0.05, 0) is 43.9 Å². The van der Waals surface area contributed by atoms with Crippen molar-refractivity contribution in [3.63, 3.8) is 0 Å². The molecule has 1 N–H and O–H groups in total. The van der Waals surface area contributed by atoms with Crippen molar-refractivity contribution in [1.82, 2.24) is 5.32 Å². The number of carbonyl (C=O) groups excluding carboxylic acids is 1. The number of rotatable bonds is 3. The minimum atomic E-state index is -0.533. The molecule has 0 radical (unpaired) electrons. The molecule has 0 aromatic carbocycles. The fourth-order valence-electron chi connectivity index (χ4n) is 3.70. The minimum Gasteiger partial charge on any atom is -0.468 e. The molecule has 3 heteroatoms. The standard InChI is InChI=1S/C15H23NO2/c1-3-12-16-15(13(17)18-2)10-8-14(9-11-15)6-4-5-7-14/h1,16H,4-12H2,2H3. The number of carbonyl (C=O) groups is 1. The quantitative estimate of drug-likeness (QED) is 0.616. The van der Waals surface area contributed by atoms with E-state index in [2.05, 4.69) is 11.2 Å². The maximum absolute atomic E-state index is 12.0. The largest absolute Gasteiger partial charge is 0.468 e. The predicted octanol–water partition coefficient (Wildman–Crippen LogP) is 2.26. The molecule has 0 bridgehead atoms. The van der Waals surface area contributed by atoms with E-state index in [0.717, 1.165) is 25.7 Å². The van der Waals surface area contributed by atoms with E-state index in [1.54, 1.807) is 0 Å². The van der Waals surface area contributed by atoms with Gasteiger partial charge in [-0.3, -0.25) is 10.1 Å². The maximum atomic E-state index is 12.0. The molecule has 0 aromatic heterocycles. The summed E-state index contributed by atoms with van der Waals surface area (Å²) >= 11 is 0. The zero-order valence-corrected chi connectivity index (χ0v) is 11.3. The fourth-order valence-corrected chi connectivity index (χ4v) is 3.70. The van der Waals surface area contributed by atoms with Crippen LogP contribution >= 0.6 is 0 Å². The highest BCUT2D eigenvalue weighted by atomic mass is 16.5. The van der Waals surface area contributed by atoms with Crippen LogP contribution in [-0.2, 0) is 9.53 Å². The summed E-state index contributed by atoms with van der Waals surface area (Å²) < 4.78 is 4.97. The first-order valence-electron chi connectivity index (χ1n) is 6.93. The van der Waals surface area contributed by atoms with Gasteiger partial charge in [0.25, 0.3) is 0 Å². The van der Waals surface area contributed by atoms with Crippen LogP contribution in [0.4, 0.5) is 0 Å². The number of esters is 1. The van der Waals surface area contributed by atoms with E-state index in [4.69, 9.17) is 11.2 Å². The number of terminal acetylenes is 1. The van der Waals surface area contributed by atoms with Gasteiger partial charge in [-0.25, -0.2) is 0 Å². The van der Waals surface area contributed by atoms with Crippen LogP contribution in [-0.4, -0.2) is 25.2 Å². The molecule has 2 aliphatic rings. The van der Waals surface area contributed by atoms with Gasteiger partial charge in [-0.15, -0.1) is 6.42 Å². The lowest BCUT2D eigenvalue weighted by Gasteiger charge is -2.43. The highest BCUT2D eigenvalue weighted by Gasteiger charge is 2.48.